The molecule has 0 spiro atoms. The number of carbonyl (C=O) groups is 1. The summed E-state index contributed by atoms with van der Waals surface area (Å²) >= 11 is 3.31. The van der Waals surface area contributed by atoms with E-state index in [-0.39, 0.29) is 17.8 Å². The van der Waals surface area contributed by atoms with E-state index in [1.165, 1.54) is 12.1 Å². The Labute approximate surface area is 130 Å². The van der Waals surface area contributed by atoms with E-state index in [1.807, 2.05) is 24.3 Å². The molecule has 3 nitrogen and oxygen atoms in total. The van der Waals surface area contributed by atoms with Gasteiger partial charge in [0.2, 0.25) is 5.91 Å². The number of para-hydroxylation sites is 1. The summed E-state index contributed by atoms with van der Waals surface area (Å²) in [5.41, 5.74) is 2.71. The molecule has 0 radical (unpaired) electrons. The summed E-state index contributed by atoms with van der Waals surface area (Å²) in [6.45, 7) is 0. The van der Waals surface area contributed by atoms with Crippen LogP contribution in [0.3, 0.4) is 0 Å². The van der Waals surface area contributed by atoms with Gasteiger partial charge < -0.3 is 10.6 Å². The van der Waals surface area contributed by atoms with Crippen LogP contribution in [-0.4, -0.2) is 11.9 Å². The second-order valence-corrected chi connectivity index (χ2v) is 5.86. The van der Waals surface area contributed by atoms with Gasteiger partial charge in [-0.1, -0.05) is 18.2 Å². The average molecular weight is 349 g/mol. The van der Waals surface area contributed by atoms with Crippen LogP contribution in [0.2, 0.25) is 0 Å². The maximum absolute atomic E-state index is 13.1. The molecule has 2 N–H and O–H groups in total. The van der Waals surface area contributed by atoms with Crippen molar-refractivity contribution in [2.24, 2.45) is 0 Å². The maximum Gasteiger partial charge on any atom is 0.246 e. The lowest BCUT2D eigenvalue weighted by Gasteiger charge is -2.17. The minimum Gasteiger partial charge on any atom is -0.373 e. The fourth-order valence-electron chi connectivity index (χ4n) is 2.44. The average Bonchev–Trinajstić information content (AvgIpc) is 2.61. The summed E-state index contributed by atoms with van der Waals surface area (Å²) in [6.07, 6.45) is 1.50. The smallest absolute Gasteiger partial charge is 0.246 e. The van der Waals surface area contributed by atoms with Crippen LogP contribution < -0.4 is 10.6 Å². The number of anilines is 2. The van der Waals surface area contributed by atoms with E-state index in [0.717, 1.165) is 17.7 Å². The van der Waals surface area contributed by atoms with Crippen molar-refractivity contribution < 1.29 is 9.18 Å². The van der Waals surface area contributed by atoms with Gasteiger partial charge in [0, 0.05) is 15.8 Å². The summed E-state index contributed by atoms with van der Waals surface area (Å²) in [6, 6.07) is 11.8. The van der Waals surface area contributed by atoms with Crippen LogP contribution in [-0.2, 0) is 11.2 Å². The van der Waals surface area contributed by atoms with Gasteiger partial charge in [0.1, 0.15) is 11.9 Å². The number of amides is 1. The van der Waals surface area contributed by atoms with Crippen molar-refractivity contribution in [3.63, 3.8) is 0 Å². The van der Waals surface area contributed by atoms with Gasteiger partial charge in [0.05, 0.1) is 0 Å². The van der Waals surface area contributed by atoms with Gasteiger partial charge in [-0.05, 0) is 58.6 Å². The van der Waals surface area contributed by atoms with Gasteiger partial charge in [-0.25, -0.2) is 4.39 Å². The van der Waals surface area contributed by atoms with Crippen molar-refractivity contribution in [3.05, 3.63) is 58.3 Å². The molecular formula is C16H14BrFN2O. The molecule has 1 unspecified atom stereocenters. The maximum atomic E-state index is 13.1. The monoisotopic (exact) mass is 348 g/mol. The van der Waals surface area contributed by atoms with Gasteiger partial charge in [-0.15, -0.1) is 0 Å². The van der Waals surface area contributed by atoms with E-state index in [2.05, 4.69) is 26.6 Å². The Kier molecular flexibility index (Phi) is 3.92. The molecule has 5 heteroatoms. The summed E-state index contributed by atoms with van der Waals surface area (Å²) in [5.74, 6) is -0.388. The lowest BCUT2D eigenvalue weighted by molar-refractivity contribution is -0.116. The zero-order valence-electron chi connectivity index (χ0n) is 11.2. The Bertz CT molecular complexity index is 690. The molecule has 1 amide bonds. The van der Waals surface area contributed by atoms with Crippen LogP contribution in [0.15, 0.2) is 46.9 Å². The van der Waals surface area contributed by atoms with Crippen LogP contribution in [0.4, 0.5) is 15.8 Å². The first kappa shape index (κ1) is 14.1. The fraction of sp³-hybridized carbons (Fsp3) is 0.188. The van der Waals surface area contributed by atoms with E-state index in [4.69, 9.17) is 0 Å². The number of carbonyl (C=O) groups excluding carboxylic acids is 1. The van der Waals surface area contributed by atoms with Gasteiger partial charge in [-0.2, -0.15) is 0 Å². The van der Waals surface area contributed by atoms with E-state index in [9.17, 15) is 9.18 Å². The SMILES string of the molecule is O=C1Nc2ccccc2CCC1Nc1ccc(F)cc1Br. The van der Waals surface area contributed by atoms with E-state index in [1.54, 1.807) is 6.07 Å². The molecule has 0 saturated carbocycles. The van der Waals surface area contributed by atoms with E-state index in [0.29, 0.717) is 16.6 Å². The molecule has 0 aliphatic carbocycles. The highest BCUT2D eigenvalue weighted by molar-refractivity contribution is 9.10. The highest BCUT2D eigenvalue weighted by Gasteiger charge is 2.23. The van der Waals surface area contributed by atoms with Crippen molar-refractivity contribution in [3.8, 4) is 0 Å². The zero-order chi connectivity index (χ0) is 14.8. The largest absolute Gasteiger partial charge is 0.373 e. The second-order valence-electron chi connectivity index (χ2n) is 5.01. The molecule has 0 bridgehead atoms. The molecule has 1 aliphatic heterocycles. The quantitative estimate of drug-likeness (QED) is 0.862. The van der Waals surface area contributed by atoms with Gasteiger partial charge in [0.15, 0.2) is 0 Å². The molecule has 21 heavy (non-hydrogen) atoms. The topological polar surface area (TPSA) is 41.1 Å². The summed E-state index contributed by atoms with van der Waals surface area (Å²) in [5, 5.41) is 6.11. The Hall–Kier alpha value is -1.88. The number of aryl methyl sites for hydroxylation is 1. The van der Waals surface area contributed by atoms with Gasteiger partial charge in [-0.3, -0.25) is 4.79 Å². The van der Waals surface area contributed by atoms with Crippen molar-refractivity contribution in [2.75, 3.05) is 10.6 Å². The third-order valence-corrected chi connectivity index (χ3v) is 4.21. The van der Waals surface area contributed by atoms with Crippen LogP contribution in [0.25, 0.3) is 0 Å². The predicted octanol–water partition coefficient (Wildman–Crippen LogP) is 3.95. The number of rotatable bonds is 2. The molecule has 108 valence electrons. The predicted molar refractivity (Wildman–Crippen MR) is 84.9 cm³/mol. The minimum absolute atomic E-state index is 0.0730. The standard InChI is InChI=1S/C16H14BrFN2O/c17-12-9-11(18)6-8-14(12)19-15-7-5-10-3-1-2-4-13(10)20-16(15)21/h1-4,6,8-9,15,19H,5,7H2,(H,20,21). The third kappa shape index (κ3) is 3.08. The molecule has 0 fully saturated rings. The normalized spacial score (nSPS) is 17.6. The number of hydrogen-bond acceptors (Lipinski definition) is 2. The molecule has 1 aliphatic rings. The van der Waals surface area contributed by atoms with E-state index >= 15 is 0 Å². The lowest BCUT2D eigenvalue weighted by atomic mass is 10.1. The van der Waals surface area contributed by atoms with Crippen LogP contribution in [0.1, 0.15) is 12.0 Å². The molecular weight excluding hydrogens is 335 g/mol. The first-order valence-electron chi connectivity index (χ1n) is 6.74. The first-order valence-corrected chi connectivity index (χ1v) is 7.53. The highest BCUT2D eigenvalue weighted by Crippen LogP contribution is 2.27. The van der Waals surface area contributed by atoms with Crippen molar-refractivity contribution in [1.82, 2.24) is 0 Å². The Morgan fingerprint density at radius 1 is 1.24 bits per heavy atom. The van der Waals surface area contributed by atoms with Gasteiger partial charge >= 0.3 is 0 Å². The number of benzene rings is 2. The number of fused-ring (bicyclic) bond motifs is 1. The van der Waals surface area contributed by atoms with Crippen molar-refractivity contribution >= 4 is 33.2 Å². The van der Waals surface area contributed by atoms with Crippen molar-refractivity contribution in [2.45, 2.75) is 18.9 Å². The fourth-order valence-corrected chi connectivity index (χ4v) is 2.91. The molecule has 1 atom stereocenters. The zero-order valence-corrected chi connectivity index (χ0v) is 12.8. The first-order chi connectivity index (χ1) is 10.1. The number of nitrogens with one attached hydrogen (secondary N) is 2. The molecule has 2 aromatic rings. The molecule has 2 aromatic carbocycles. The van der Waals surface area contributed by atoms with Crippen LogP contribution in [0, 0.1) is 5.82 Å². The molecule has 3 rings (SSSR count). The number of halogens is 2. The minimum atomic E-state index is -0.348. The van der Waals surface area contributed by atoms with Crippen LogP contribution in [0.5, 0.6) is 0 Å². The summed E-state index contributed by atoms with van der Waals surface area (Å²) in [4.78, 5) is 12.3. The third-order valence-electron chi connectivity index (χ3n) is 3.55. The Balaban J connectivity index is 1.80. The van der Waals surface area contributed by atoms with Crippen molar-refractivity contribution in [1.29, 1.82) is 0 Å². The lowest BCUT2D eigenvalue weighted by Crippen LogP contribution is -2.33. The Morgan fingerprint density at radius 3 is 2.86 bits per heavy atom. The molecule has 0 aromatic heterocycles. The van der Waals surface area contributed by atoms with Crippen LogP contribution >= 0.6 is 15.9 Å². The summed E-state index contributed by atoms with van der Waals surface area (Å²) in [7, 11) is 0. The van der Waals surface area contributed by atoms with Gasteiger partial charge in [0.25, 0.3) is 0 Å². The highest BCUT2D eigenvalue weighted by atomic mass is 79.9. The molecule has 1 heterocycles. The second kappa shape index (κ2) is 5.85. The Morgan fingerprint density at radius 2 is 2.05 bits per heavy atom. The van der Waals surface area contributed by atoms with E-state index < -0.39 is 0 Å². The molecule has 0 saturated heterocycles. The number of hydrogen-bond donors (Lipinski definition) is 2. The summed E-state index contributed by atoms with van der Waals surface area (Å²) < 4.78 is 13.7.